The number of hydrogen-bond acceptors (Lipinski definition) is 3. The lowest BCUT2D eigenvalue weighted by atomic mass is 10.2. The Hall–Kier alpha value is -2.32. The van der Waals surface area contributed by atoms with Crippen LogP contribution >= 0.6 is 23.2 Å². The first-order valence-corrected chi connectivity index (χ1v) is 7.49. The van der Waals surface area contributed by atoms with Crippen molar-refractivity contribution in [1.29, 1.82) is 0 Å². The van der Waals surface area contributed by atoms with Gasteiger partial charge in [0.15, 0.2) is 0 Å². The number of hydrazone groups is 1. The first kappa shape index (κ1) is 19.0. The molecule has 25 heavy (non-hydrogen) atoms. The molecule has 0 spiro atoms. The van der Waals surface area contributed by atoms with E-state index in [1.54, 1.807) is 24.3 Å². The molecule has 1 aromatic carbocycles. The molecule has 2 amide bonds. The number of nitrogens with zero attached hydrogens (tertiary/aromatic N) is 3. The van der Waals surface area contributed by atoms with E-state index in [1.165, 1.54) is 7.05 Å². The summed E-state index contributed by atoms with van der Waals surface area (Å²) in [6.45, 7) is 0. The molecule has 132 valence electrons. The summed E-state index contributed by atoms with van der Waals surface area (Å²) in [4.78, 5) is 15.6. The van der Waals surface area contributed by atoms with Crippen molar-refractivity contribution in [3.63, 3.8) is 0 Å². The summed E-state index contributed by atoms with van der Waals surface area (Å²) in [5.74, 6) is 0. The first-order valence-electron chi connectivity index (χ1n) is 6.74. The predicted octanol–water partition coefficient (Wildman–Crippen LogP) is 4.91. The van der Waals surface area contributed by atoms with Gasteiger partial charge in [-0.25, -0.2) is 9.80 Å². The highest BCUT2D eigenvalue weighted by atomic mass is 35.5. The van der Waals surface area contributed by atoms with Crippen LogP contribution in [-0.2, 0) is 6.18 Å². The van der Waals surface area contributed by atoms with Gasteiger partial charge >= 0.3 is 12.2 Å². The van der Waals surface area contributed by atoms with E-state index in [-0.39, 0.29) is 10.7 Å². The van der Waals surface area contributed by atoms with E-state index in [4.69, 9.17) is 23.2 Å². The number of urea groups is 1. The van der Waals surface area contributed by atoms with E-state index in [0.29, 0.717) is 16.9 Å². The maximum Gasteiger partial charge on any atom is 0.417 e. The highest BCUT2D eigenvalue weighted by Gasteiger charge is 2.31. The van der Waals surface area contributed by atoms with Crippen LogP contribution in [0, 0.1) is 0 Å². The number of carbonyl (C=O) groups excluding carboxylic acids is 1. The Labute approximate surface area is 151 Å². The van der Waals surface area contributed by atoms with Gasteiger partial charge in [-0.1, -0.05) is 23.2 Å². The van der Waals surface area contributed by atoms with Crippen molar-refractivity contribution in [1.82, 2.24) is 9.99 Å². The number of anilines is 1. The van der Waals surface area contributed by atoms with E-state index >= 15 is 0 Å². The third kappa shape index (κ3) is 5.33. The highest BCUT2D eigenvalue weighted by Crippen LogP contribution is 2.30. The Morgan fingerprint density at radius 2 is 1.92 bits per heavy atom. The summed E-state index contributed by atoms with van der Waals surface area (Å²) >= 11 is 11.5. The van der Waals surface area contributed by atoms with Crippen LogP contribution in [0.15, 0.2) is 41.6 Å². The molecule has 2 rings (SSSR count). The van der Waals surface area contributed by atoms with Crippen LogP contribution in [0.25, 0.3) is 0 Å². The van der Waals surface area contributed by atoms with E-state index in [2.05, 4.69) is 15.4 Å². The first-order chi connectivity index (χ1) is 11.7. The van der Waals surface area contributed by atoms with Crippen LogP contribution in [0.3, 0.4) is 0 Å². The van der Waals surface area contributed by atoms with Crippen molar-refractivity contribution >= 4 is 41.1 Å². The number of carbonyl (C=O) groups is 1. The summed E-state index contributed by atoms with van der Waals surface area (Å²) in [6, 6.07) is 6.59. The summed E-state index contributed by atoms with van der Waals surface area (Å²) in [5, 5.41) is 7.60. The molecule has 0 radical (unpaired) electrons. The van der Waals surface area contributed by atoms with Crippen LogP contribution in [0.1, 0.15) is 11.3 Å². The smallest absolute Gasteiger partial charge is 0.306 e. The zero-order chi connectivity index (χ0) is 18.6. The number of halogens is 5. The topological polar surface area (TPSA) is 57.6 Å². The molecule has 0 atom stereocenters. The van der Waals surface area contributed by atoms with Crippen molar-refractivity contribution in [2.75, 3.05) is 12.4 Å². The molecule has 5 nitrogen and oxygen atoms in total. The van der Waals surface area contributed by atoms with Crippen molar-refractivity contribution < 1.29 is 18.0 Å². The molecular weight excluding hydrogens is 380 g/mol. The van der Waals surface area contributed by atoms with Gasteiger partial charge in [0.1, 0.15) is 5.69 Å². The SMILES string of the molecule is CN(N=Cc1ncc(C(F)(F)F)cc1Cl)C(=O)Nc1ccc(Cl)cc1. The monoisotopic (exact) mass is 390 g/mol. The minimum absolute atomic E-state index is 0.000750. The van der Waals surface area contributed by atoms with E-state index in [9.17, 15) is 18.0 Å². The Kier molecular flexibility index (Phi) is 5.86. The molecule has 0 saturated heterocycles. The average Bonchev–Trinajstić information content (AvgIpc) is 2.54. The second-order valence-electron chi connectivity index (χ2n) is 4.79. The fourth-order valence-electron chi connectivity index (χ4n) is 1.63. The van der Waals surface area contributed by atoms with Gasteiger partial charge in [0.05, 0.1) is 16.8 Å². The number of amides is 2. The molecule has 0 aliphatic carbocycles. The van der Waals surface area contributed by atoms with Crippen molar-refractivity contribution in [3.8, 4) is 0 Å². The van der Waals surface area contributed by atoms with Crippen LogP contribution < -0.4 is 5.32 Å². The standard InChI is InChI=1S/C15H11Cl2F3N4O/c1-24(14(25)23-11-4-2-10(16)3-5-11)22-8-13-12(17)6-9(7-21-13)15(18,19)20/h2-8H,1H3,(H,23,25). The lowest BCUT2D eigenvalue weighted by Gasteiger charge is -2.12. The molecule has 1 N–H and O–H groups in total. The van der Waals surface area contributed by atoms with E-state index in [1.807, 2.05) is 0 Å². The normalized spacial score (nSPS) is 11.6. The summed E-state index contributed by atoms with van der Waals surface area (Å²) in [5.41, 5.74) is -0.466. The number of nitrogens with one attached hydrogen (secondary N) is 1. The number of aromatic nitrogens is 1. The molecule has 0 fully saturated rings. The second kappa shape index (κ2) is 7.71. The molecule has 1 aromatic heterocycles. The van der Waals surface area contributed by atoms with Gasteiger partial charge in [0.2, 0.25) is 0 Å². The van der Waals surface area contributed by atoms with Gasteiger partial charge in [0, 0.05) is 24.0 Å². The summed E-state index contributed by atoms with van der Waals surface area (Å²) in [6.07, 6.45) is -2.81. The maximum absolute atomic E-state index is 12.5. The van der Waals surface area contributed by atoms with Gasteiger partial charge in [-0.05, 0) is 30.3 Å². The Balaban J connectivity index is 2.05. The van der Waals surface area contributed by atoms with Gasteiger partial charge in [-0.15, -0.1) is 0 Å². The summed E-state index contributed by atoms with van der Waals surface area (Å²) in [7, 11) is 1.36. The number of hydrogen-bond donors (Lipinski definition) is 1. The molecule has 0 aliphatic rings. The van der Waals surface area contributed by atoms with Crippen molar-refractivity contribution in [2.45, 2.75) is 6.18 Å². The molecule has 0 aliphatic heterocycles. The van der Waals surface area contributed by atoms with Crippen LogP contribution in [0.5, 0.6) is 0 Å². The number of alkyl halides is 3. The van der Waals surface area contributed by atoms with Crippen LogP contribution in [-0.4, -0.2) is 29.3 Å². The lowest BCUT2D eigenvalue weighted by molar-refractivity contribution is -0.137. The van der Waals surface area contributed by atoms with Gasteiger partial charge in [-0.3, -0.25) is 4.98 Å². The van der Waals surface area contributed by atoms with E-state index in [0.717, 1.165) is 17.3 Å². The largest absolute Gasteiger partial charge is 0.417 e. The molecular formula is C15H11Cl2F3N4O. The molecule has 10 heteroatoms. The minimum Gasteiger partial charge on any atom is -0.306 e. The highest BCUT2D eigenvalue weighted by molar-refractivity contribution is 6.32. The quantitative estimate of drug-likeness (QED) is 0.598. The lowest BCUT2D eigenvalue weighted by Crippen LogP contribution is -2.27. The second-order valence-corrected chi connectivity index (χ2v) is 5.64. The predicted molar refractivity (Wildman–Crippen MR) is 90.1 cm³/mol. The third-order valence-electron chi connectivity index (χ3n) is 2.94. The third-order valence-corrected chi connectivity index (χ3v) is 3.49. The Morgan fingerprint density at radius 3 is 2.48 bits per heavy atom. The molecule has 2 aromatic rings. The number of pyridine rings is 1. The molecule has 0 bridgehead atoms. The van der Waals surface area contributed by atoms with Crippen LogP contribution in [0.4, 0.5) is 23.7 Å². The Morgan fingerprint density at radius 1 is 1.28 bits per heavy atom. The number of benzene rings is 1. The van der Waals surface area contributed by atoms with Crippen molar-refractivity contribution in [3.05, 3.63) is 57.8 Å². The maximum atomic E-state index is 12.5. The Bertz CT molecular complexity index is 794. The van der Waals surface area contributed by atoms with Crippen LogP contribution in [0.2, 0.25) is 10.0 Å². The fraction of sp³-hybridized carbons (Fsp3) is 0.133. The van der Waals surface area contributed by atoms with Gasteiger partial charge in [0.25, 0.3) is 0 Å². The van der Waals surface area contributed by atoms with Crippen molar-refractivity contribution in [2.24, 2.45) is 5.10 Å². The average molecular weight is 391 g/mol. The zero-order valence-electron chi connectivity index (χ0n) is 12.7. The zero-order valence-corrected chi connectivity index (χ0v) is 14.2. The number of rotatable bonds is 3. The van der Waals surface area contributed by atoms with Gasteiger partial charge < -0.3 is 5.32 Å². The fourth-order valence-corrected chi connectivity index (χ4v) is 1.97. The summed E-state index contributed by atoms with van der Waals surface area (Å²) < 4.78 is 37.6. The molecule has 1 heterocycles. The minimum atomic E-state index is -4.54. The molecule has 0 unspecified atom stereocenters. The van der Waals surface area contributed by atoms with Gasteiger partial charge in [-0.2, -0.15) is 18.3 Å². The van der Waals surface area contributed by atoms with E-state index < -0.39 is 17.8 Å². The molecule has 0 saturated carbocycles.